The van der Waals surface area contributed by atoms with Gasteiger partial charge in [0.1, 0.15) is 5.69 Å². The summed E-state index contributed by atoms with van der Waals surface area (Å²) >= 11 is 0. The molecule has 0 unspecified atom stereocenters. The molecule has 0 saturated carbocycles. The lowest BCUT2D eigenvalue weighted by Crippen LogP contribution is -2.44. The fourth-order valence-corrected chi connectivity index (χ4v) is 2.73. The Balaban J connectivity index is 1.79. The number of nitrogens with one attached hydrogen (secondary N) is 1. The van der Waals surface area contributed by atoms with Crippen LogP contribution >= 0.6 is 0 Å². The van der Waals surface area contributed by atoms with Crippen LogP contribution in [0.25, 0.3) is 10.8 Å². The zero-order chi connectivity index (χ0) is 13.9. The Labute approximate surface area is 118 Å². The van der Waals surface area contributed by atoms with Crippen LogP contribution in [0.5, 0.6) is 0 Å². The summed E-state index contributed by atoms with van der Waals surface area (Å²) in [5.41, 5.74) is 0.548. The van der Waals surface area contributed by atoms with Crippen molar-refractivity contribution in [3.05, 3.63) is 42.2 Å². The molecule has 1 N–H and O–H groups in total. The highest BCUT2D eigenvalue weighted by atomic mass is 16.2. The van der Waals surface area contributed by atoms with Crippen LogP contribution in [-0.4, -0.2) is 42.0 Å². The number of hydrogen-bond donors (Lipinski definition) is 1. The smallest absolute Gasteiger partial charge is 0.272 e. The molecule has 0 aliphatic carbocycles. The van der Waals surface area contributed by atoms with Crippen molar-refractivity contribution >= 4 is 16.7 Å². The molecule has 1 aromatic carbocycles. The number of nitrogens with zero attached hydrogens (tertiary/aromatic N) is 2. The summed E-state index contributed by atoms with van der Waals surface area (Å²) in [6, 6.07) is 10.4. The first-order valence-electron chi connectivity index (χ1n) is 7.09. The second kappa shape index (κ2) is 5.59. The monoisotopic (exact) mass is 269 g/mol. The molecule has 2 aromatic rings. The Morgan fingerprint density at radius 3 is 2.65 bits per heavy atom. The minimum absolute atomic E-state index is 0.0466. The Morgan fingerprint density at radius 1 is 1.25 bits per heavy atom. The summed E-state index contributed by atoms with van der Waals surface area (Å²) in [5.74, 6) is 0.0466. The van der Waals surface area contributed by atoms with Gasteiger partial charge >= 0.3 is 0 Å². The predicted octanol–water partition coefficient (Wildman–Crippen LogP) is 2.06. The van der Waals surface area contributed by atoms with Crippen LogP contribution in [0.1, 0.15) is 23.3 Å². The summed E-state index contributed by atoms with van der Waals surface area (Å²) in [6.07, 6.45) is 3.80. The van der Waals surface area contributed by atoms with E-state index in [9.17, 15) is 4.79 Å². The molecule has 1 saturated heterocycles. The standard InChI is InChI=1S/C16H19N3O/c1-17-14-6-8-19(9-7-14)16(20)15-10-12-4-2-3-5-13(12)11-18-15/h2-5,10-11,14,17H,6-9H2,1H3. The Bertz CT molecular complexity index is 618. The fourth-order valence-electron chi connectivity index (χ4n) is 2.73. The molecule has 3 rings (SSSR count). The van der Waals surface area contributed by atoms with E-state index in [4.69, 9.17) is 0 Å². The van der Waals surface area contributed by atoms with Crippen LogP contribution in [0.2, 0.25) is 0 Å². The molecule has 1 fully saturated rings. The van der Waals surface area contributed by atoms with Crippen molar-refractivity contribution in [3.8, 4) is 0 Å². The molecule has 0 bridgehead atoms. The van der Waals surface area contributed by atoms with Gasteiger partial charge in [-0.05, 0) is 31.3 Å². The first-order valence-corrected chi connectivity index (χ1v) is 7.09. The van der Waals surface area contributed by atoms with Crippen molar-refractivity contribution in [2.24, 2.45) is 0 Å². The highest BCUT2D eigenvalue weighted by molar-refractivity contribution is 5.96. The molecule has 4 nitrogen and oxygen atoms in total. The SMILES string of the molecule is CNC1CCN(C(=O)c2cc3ccccc3cn2)CC1. The van der Waals surface area contributed by atoms with Crippen LogP contribution in [0, 0.1) is 0 Å². The van der Waals surface area contributed by atoms with Gasteiger partial charge in [0.15, 0.2) is 0 Å². The van der Waals surface area contributed by atoms with Gasteiger partial charge in [-0.1, -0.05) is 24.3 Å². The average molecular weight is 269 g/mol. The van der Waals surface area contributed by atoms with E-state index < -0.39 is 0 Å². The number of carbonyl (C=O) groups is 1. The van der Waals surface area contributed by atoms with Gasteiger partial charge in [0.05, 0.1) is 0 Å². The lowest BCUT2D eigenvalue weighted by molar-refractivity contribution is 0.0701. The molecule has 2 heterocycles. The predicted molar refractivity (Wildman–Crippen MR) is 79.7 cm³/mol. The number of carbonyl (C=O) groups excluding carboxylic acids is 1. The molecule has 1 aliphatic heterocycles. The normalized spacial score (nSPS) is 16.6. The van der Waals surface area contributed by atoms with Gasteiger partial charge in [-0.2, -0.15) is 0 Å². The largest absolute Gasteiger partial charge is 0.337 e. The van der Waals surface area contributed by atoms with Gasteiger partial charge in [0, 0.05) is 30.7 Å². The van der Waals surface area contributed by atoms with Crippen LogP contribution in [0.3, 0.4) is 0 Å². The molecule has 1 amide bonds. The van der Waals surface area contributed by atoms with Crippen molar-refractivity contribution < 1.29 is 4.79 Å². The minimum atomic E-state index is 0.0466. The summed E-state index contributed by atoms with van der Waals surface area (Å²) in [5, 5.41) is 5.41. The van der Waals surface area contributed by atoms with E-state index in [0.717, 1.165) is 36.7 Å². The molecule has 4 heteroatoms. The van der Waals surface area contributed by atoms with Gasteiger partial charge in [-0.15, -0.1) is 0 Å². The first kappa shape index (κ1) is 13.1. The van der Waals surface area contributed by atoms with Crippen molar-refractivity contribution in [1.29, 1.82) is 0 Å². The molecule has 0 atom stereocenters. The molecule has 0 radical (unpaired) electrons. The topological polar surface area (TPSA) is 45.2 Å². The number of aromatic nitrogens is 1. The minimum Gasteiger partial charge on any atom is -0.337 e. The third-order valence-corrected chi connectivity index (χ3v) is 4.04. The van der Waals surface area contributed by atoms with Crippen LogP contribution in [0.15, 0.2) is 36.5 Å². The zero-order valence-electron chi connectivity index (χ0n) is 11.7. The van der Waals surface area contributed by atoms with E-state index in [2.05, 4.69) is 10.3 Å². The molecule has 1 aliphatic rings. The molecule has 20 heavy (non-hydrogen) atoms. The molecular formula is C16H19N3O. The second-order valence-corrected chi connectivity index (χ2v) is 5.27. The van der Waals surface area contributed by atoms with Crippen molar-refractivity contribution in [2.75, 3.05) is 20.1 Å². The summed E-state index contributed by atoms with van der Waals surface area (Å²) in [6.45, 7) is 1.61. The first-order chi connectivity index (χ1) is 9.78. The highest BCUT2D eigenvalue weighted by Gasteiger charge is 2.23. The number of pyridine rings is 1. The Hall–Kier alpha value is -1.94. The maximum absolute atomic E-state index is 12.5. The third-order valence-electron chi connectivity index (χ3n) is 4.04. The van der Waals surface area contributed by atoms with Gasteiger partial charge in [-0.3, -0.25) is 9.78 Å². The van der Waals surface area contributed by atoms with E-state index in [1.54, 1.807) is 6.20 Å². The second-order valence-electron chi connectivity index (χ2n) is 5.27. The van der Waals surface area contributed by atoms with E-state index in [-0.39, 0.29) is 5.91 Å². The van der Waals surface area contributed by atoms with Crippen molar-refractivity contribution in [1.82, 2.24) is 15.2 Å². The quantitative estimate of drug-likeness (QED) is 0.907. The maximum atomic E-state index is 12.5. The van der Waals surface area contributed by atoms with Gasteiger partial charge in [0.2, 0.25) is 0 Å². The lowest BCUT2D eigenvalue weighted by Gasteiger charge is -2.31. The number of rotatable bonds is 2. The Morgan fingerprint density at radius 2 is 1.95 bits per heavy atom. The number of amides is 1. The van der Waals surface area contributed by atoms with E-state index >= 15 is 0 Å². The average Bonchev–Trinajstić information content (AvgIpc) is 2.54. The van der Waals surface area contributed by atoms with Gasteiger partial charge < -0.3 is 10.2 Å². The number of likely N-dealkylation sites (tertiary alicyclic amines) is 1. The Kier molecular flexibility index (Phi) is 3.65. The summed E-state index contributed by atoms with van der Waals surface area (Å²) in [7, 11) is 1.98. The van der Waals surface area contributed by atoms with Gasteiger partial charge in [-0.25, -0.2) is 0 Å². The van der Waals surface area contributed by atoms with Crippen molar-refractivity contribution in [2.45, 2.75) is 18.9 Å². The molecule has 104 valence electrons. The van der Waals surface area contributed by atoms with E-state index in [1.807, 2.05) is 42.3 Å². The van der Waals surface area contributed by atoms with Gasteiger partial charge in [0.25, 0.3) is 5.91 Å². The molecular weight excluding hydrogens is 250 g/mol. The number of hydrogen-bond acceptors (Lipinski definition) is 3. The number of benzene rings is 1. The van der Waals surface area contributed by atoms with E-state index in [0.29, 0.717) is 11.7 Å². The fraction of sp³-hybridized carbons (Fsp3) is 0.375. The summed E-state index contributed by atoms with van der Waals surface area (Å²) in [4.78, 5) is 18.7. The van der Waals surface area contributed by atoms with Crippen molar-refractivity contribution in [3.63, 3.8) is 0 Å². The lowest BCUT2D eigenvalue weighted by atomic mass is 10.0. The number of piperidine rings is 1. The maximum Gasteiger partial charge on any atom is 0.272 e. The number of fused-ring (bicyclic) bond motifs is 1. The molecule has 1 aromatic heterocycles. The van der Waals surface area contributed by atoms with Crippen LogP contribution in [0.4, 0.5) is 0 Å². The van der Waals surface area contributed by atoms with Crippen LogP contribution < -0.4 is 5.32 Å². The molecule has 0 spiro atoms. The highest BCUT2D eigenvalue weighted by Crippen LogP contribution is 2.17. The van der Waals surface area contributed by atoms with Crippen LogP contribution in [-0.2, 0) is 0 Å². The van der Waals surface area contributed by atoms with E-state index in [1.165, 1.54) is 0 Å². The third kappa shape index (κ3) is 2.51. The summed E-state index contributed by atoms with van der Waals surface area (Å²) < 4.78 is 0. The zero-order valence-corrected chi connectivity index (χ0v) is 11.7.